The van der Waals surface area contributed by atoms with Crippen LogP contribution in [0.1, 0.15) is 52.4 Å². The van der Waals surface area contributed by atoms with Crippen molar-refractivity contribution in [3.63, 3.8) is 0 Å². The maximum absolute atomic E-state index is 13.1. The molecule has 20 heavy (non-hydrogen) atoms. The minimum absolute atomic E-state index is 0.0444. The lowest BCUT2D eigenvalue weighted by atomic mass is 10.1. The van der Waals surface area contributed by atoms with Gasteiger partial charge in [-0.2, -0.15) is 17.6 Å². The van der Waals surface area contributed by atoms with Gasteiger partial charge < -0.3 is 0 Å². The van der Waals surface area contributed by atoms with Crippen molar-refractivity contribution >= 4 is 11.9 Å². The van der Waals surface area contributed by atoms with E-state index in [2.05, 4.69) is 9.78 Å². The van der Waals surface area contributed by atoms with Crippen molar-refractivity contribution in [2.24, 2.45) is 0 Å². The highest BCUT2D eigenvalue weighted by Crippen LogP contribution is 2.25. The van der Waals surface area contributed by atoms with Crippen LogP contribution in [0.4, 0.5) is 17.6 Å². The zero-order chi connectivity index (χ0) is 15.8. The summed E-state index contributed by atoms with van der Waals surface area (Å²) in [5.74, 6) is -12.0. The number of unbranched alkanes of at least 4 members (excludes halogenated alkanes) is 2. The number of halogens is 4. The van der Waals surface area contributed by atoms with Gasteiger partial charge in [0.15, 0.2) is 0 Å². The molecule has 0 saturated carbocycles. The van der Waals surface area contributed by atoms with Crippen molar-refractivity contribution in [1.82, 2.24) is 0 Å². The first kappa shape index (κ1) is 18.7. The second-order valence-electron chi connectivity index (χ2n) is 4.36. The molecule has 0 aromatic rings. The van der Waals surface area contributed by atoms with E-state index in [0.29, 0.717) is 12.8 Å². The monoisotopic (exact) mass is 302 g/mol. The van der Waals surface area contributed by atoms with Gasteiger partial charge in [0.1, 0.15) is 0 Å². The third-order valence-corrected chi connectivity index (χ3v) is 2.48. The van der Waals surface area contributed by atoms with Crippen molar-refractivity contribution in [1.29, 1.82) is 0 Å². The number of hydrogen-bond acceptors (Lipinski definition) is 4. The van der Waals surface area contributed by atoms with Gasteiger partial charge in [0.25, 0.3) is 0 Å². The second kappa shape index (κ2) is 8.06. The molecule has 0 aromatic heterocycles. The molecule has 8 heteroatoms. The van der Waals surface area contributed by atoms with Crippen molar-refractivity contribution in [2.75, 3.05) is 0 Å². The van der Waals surface area contributed by atoms with E-state index in [-0.39, 0.29) is 12.8 Å². The lowest BCUT2D eigenvalue weighted by molar-refractivity contribution is -0.286. The smallest absolute Gasteiger partial charge is 0.240 e. The highest BCUT2D eigenvalue weighted by Gasteiger charge is 2.45. The molecule has 0 spiro atoms. The van der Waals surface area contributed by atoms with Crippen LogP contribution in [0, 0.1) is 0 Å². The van der Waals surface area contributed by atoms with Crippen LogP contribution in [0.2, 0.25) is 0 Å². The molecule has 0 saturated heterocycles. The fraction of sp³-hybridized carbons (Fsp3) is 0.833. The molecule has 0 amide bonds. The largest absolute Gasteiger partial charge is 0.424 e. The number of carbonyl (C=O) groups is 2. The van der Waals surface area contributed by atoms with Gasteiger partial charge in [-0.25, -0.2) is 19.4 Å². The quantitative estimate of drug-likeness (QED) is 0.390. The van der Waals surface area contributed by atoms with Gasteiger partial charge in [-0.05, 0) is 12.8 Å². The van der Waals surface area contributed by atoms with Gasteiger partial charge in [-0.3, -0.25) is 0 Å². The number of alkyl halides is 4. The maximum Gasteiger partial charge on any atom is 0.424 e. The molecule has 0 atom stereocenters. The van der Waals surface area contributed by atoms with Crippen LogP contribution in [-0.4, -0.2) is 23.8 Å². The lowest BCUT2D eigenvalue weighted by Gasteiger charge is -2.15. The normalized spacial score (nSPS) is 12.1. The molecular weight excluding hydrogens is 284 g/mol. The molecule has 0 rings (SSSR count). The fourth-order valence-electron chi connectivity index (χ4n) is 1.20. The Morgan fingerprint density at radius 1 is 0.800 bits per heavy atom. The molecular formula is C12H18F4O4. The Balaban J connectivity index is 4.33. The number of carbonyl (C=O) groups excluding carboxylic acids is 2. The Hall–Kier alpha value is -1.34. The van der Waals surface area contributed by atoms with E-state index < -0.39 is 36.6 Å². The average molecular weight is 302 g/mol. The summed E-state index contributed by atoms with van der Waals surface area (Å²) in [6.07, 6.45) is -0.681. The lowest BCUT2D eigenvalue weighted by Crippen LogP contribution is -2.35. The molecule has 0 unspecified atom stereocenters. The van der Waals surface area contributed by atoms with E-state index in [1.165, 1.54) is 0 Å². The van der Waals surface area contributed by atoms with Crippen molar-refractivity contribution in [3.8, 4) is 0 Å². The SMILES string of the molecule is CCCCC(F)(F)C(=O)OOC(=O)C(F)(F)CCCC. The third-order valence-electron chi connectivity index (χ3n) is 2.48. The van der Waals surface area contributed by atoms with E-state index in [1.807, 2.05) is 0 Å². The number of hydrogen-bond donors (Lipinski definition) is 0. The molecule has 118 valence electrons. The zero-order valence-corrected chi connectivity index (χ0v) is 11.4. The Morgan fingerprint density at radius 3 is 1.35 bits per heavy atom. The first-order valence-electron chi connectivity index (χ1n) is 6.36. The summed E-state index contributed by atoms with van der Waals surface area (Å²) >= 11 is 0. The summed E-state index contributed by atoms with van der Waals surface area (Å²) in [5, 5.41) is 0. The number of rotatable bonds is 8. The van der Waals surface area contributed by atoms with Gasteiger partial charge in [-0.1, -0.05) is 26.7 Å². The van der Waals surface area contributed by atoms with Crippen LogP contribution in [0.15, 0.2) is 0 Å². The Kier molecular flexibility index (Phi) is 7.52. The highest BCUT2D eigenvalue weighted by molar-refractivity contribution is 5.80. The molecule has 0 N–H and O–H groups in total. The van der Waals surface area contributed by atoms with Gasteiger partial charge in [-0.15, -0.1) is 0 Å². The van der Waals surface area contributed by atoms with Crippen LogP contribution in [0.25, 0.3) is 0 Å². The topological polar surface area (TPSA) is 52.6 Å². The maximum atomic E-state index is 13.1. The van der Waals surface area contributed by atoms with Crippen LogP contribution in [-0.2, 0) is 19.4 Å². The van der Waals surface area contributed by atoms with Gasteiger partial charge in [0.2, 0.25) is 0 Å². The van der Waals surface area contributed by atoms with Gasteiger partial charge >= 0.3 is 23.8 Å². The van der Waals surface area contributed by atoms with Crippen molar-refractivity contribution < 1.29 is 36.9 Å². The molecule has 0 aliphatic rings. The first-order valence-corrected chi connectivity index (χ1v) is 6.36. The highest BCUT2D eigenvalue weighted by atomic mass is 19.3. The molecule has 0 bridgehead atoms. The summed E-state index contributed by atoms with van der Waals surface area (Å²) in [6.45, 7) is 3.27. The molecule has 0 radical (unpaired) electrons. The molecule has 0 heterocycles. The second-order valence-corrected chi connectivity index (χ2v) is 4.36. The third kappa shape index (κ3) is 6.21. The predicted octanol–water partition coefficient (Wildman–Crippen LogP) is 3.64. The summed E-state index contributed by atoms with van der Waals surface area (Å²) in [4.78, 5) is 28.9. The molecule has 0 aliphatic heterocycles. The molecule has 4 nitrogen and oxygen atoms in total. The molecule has 0 aliphatic carbocycles. The summed E-state index contributed by atoms with van der Waals surface area (Å²) in [6, 6.07) is 0. The Bertz CT molecular complexity index is 299. The zero-order valence-electron chi connectivity index (χ0n) is 11.4. The van der Waals surface area contributed by atoms with E-state index in [0.717, 1.165) is 0 Å². The van der Waals surface area contributed by atoms with Crippen LogP contribution >= 0.6 is 0 Å². The van der Waals surface area contributed by atoms with Crippen LogP contribution in [0.3, 0.4) is 0 Å². The molecule has 0 fully saturated rings. The van der Waals surface area contributed by atoms with Crippen molar-refractivity contribution in [2.45, 2.75) is 64.2 Å². The summed E-state index contributed by atoms with van der Waals surface area (Å²) in [5.41, 5.74) is 0. The Morgan fingerprint density at radius 2 is 1.10 bits per heavy atom. The van der Waals surface area contributed by atoms with E-state index in [4.69, 9.17) is 0 Å². The van der Waals surface area contributed by atoms with Crippen LogP contribution < -0.4 is 0 Å². The fourth-order valence-corrected chi connectivity index (χ4v) is 1.20. The van der Waals surface area contributed by atoms with Crippen LogP contribution in [0.5, 0.6) is 0 Å². The molecule has 0 aromatic carbocycles. The predicted molar refractivity (Wildman–Crippen MR) is 61.1 cm³/mol. The van der Waals surface area contributed by atoms with Gasteiger partial charge in [0.05, 0.1) is 0 Å². The average Bonchev–Trinajstić information content (AvgIpc) is 2.39. The first-order chi connectivity index (χ1) is 9.17. The van der Waals surface area contributed by atoms with E-state index in [1.54, 1.807) is 13.8 Å². The van der Waals surface area contributed by atoms with Crippen molar-refractivity contribution in [3.05, 3.63) is 0 Å². The summed E-state index contributed by atoms with van der Waals surface area (Å²) in [7, 11) is 0. The van der Waals surface area contributed by atoms with E-state index in [9.17, 15) is 27.2 Å². The minimum Gasteiger partial charge on any atom is -0.240 e. The minimum atomic E-state index is -3.87. The standard InChI is InChI=1S/C12H18F4O4/c1-3-5-7-11(13,14)9(17)19-20-10(18)12(15,16)8-6-4-2/h3-8H2,1-2H3. The van der Waals surface area contributed by atoms with E-state index >= 15 is 0 Å². The van der Waals surface area contributed by atoms with Gasteiger partial charge in [0, 0.05) is 12.8 Å². The Labute approximate surface area is 114 Å². The summed E-state index contributed by atoms with van der Waals surface area (Å²) < 4.78 is 52.4.